The zero-order valence-corrected chi connectivity index (χ0v) is 13.3. The second-order valence-electron chi connectivity index (χ2n) is 6.11. The number of aliphatic hydroxyl groups excluding tert-OH is 1. The maximum atomic E-state index is 12.5. The molecule has 6 heteroatoms. The molecule has 1 fully saturated rings. The van der Waals surface area contributed by atoms with Crippen molar-refractivity contribution in [1.29, 1.82) is 0 Å². The van der Waals surface area contributed by atoms with Gasteiger partial charge in [0, 0.05) is 12.7 Å². The predicted octanol–water partition coefficient (Wildman–Crippen LogP) is 2.06. The van der Waals surface area contributed by atoms with Gasteiger partial charge in [-0.05, 0) is 42.5 Å². The summed E-state index contributed by atoms with van der Waals surface area (Å²) < 4.78 is 7.36. The minimum atomic E-state index is -0.176. The molecule has 4 rings (SSSR count). The third-order valence-corrected chi connectivity index (χ3v) is 4.33. The highest BCUT2D eigenvalue weighted by Crippen LogP contribution is 2.40. The quantitative estimate of drug-likeness (QED) is 0.883. The van der Waals surface area contributed by atoms with Crippen molar-refractivity contribution in [3.05, 3.63) is 54.1 Å². The Labute approximate surface area is 140 Å². The molecule has 1 aliphatic heterocycles. The standard InChI is InChI=1S/C18H19N3O3/c22-10-9-20-12-15(11-19-20)21-8-7-17(18(21)23)24-16-5-3-14(4-6-16)13-1-2-13/h3-7,11-13,22H,1-2,8-10H2. The van der Waals surface area contributed by atoms with Crippen LogP contribution in [-0.4, -0.2) is 33.9 Å². The van der Waals surface area contributed by atoms with Crippen LogP contribution < -0.4 is 9.64 Å². The van der Waals surface area contributed by atoms with Gasteiger partial charge in [0.05, 0.1) is 25.0 Å². The maximum absolute atomic E-state index is 12.5. The summed E-state index contributed by atoms with van der Waals surface area (Å²) in [5.41, 5.74) is 2.04. The van der Waals surface area contributed by atoms with Gasteiger partial charge >= 0.3 is 0 Å². The van der Waals surface area contributed by atoms with Crippen LogP contribution in [0.2, 0.25) is 0 Å². The van der Waals surface area contributed by atoms with Gasteiger partial charge in [-0.3, -0.25) is 14.4 Å². The fraction of sp³-hybridized carbons (Fsp3) is 0.333. The third kappa shape index (κ3) is 2.92. The molecule has 1 saturated carbocycles. The Bertz CT molecular complexity index is 775. The topological polar surface area (TPSA) is 67.6 Å². The van der Waals surface area contributed by atoms with Gasteiger partial charge in [0.1, 0.15) is 5.75 Å². The summed E-state index contributed by atoms with van der Waals surface area (Å²) in [6, 6.07) is 7.99. The lowest BCUT2D eigenvalue weighted by Gasteiger charge is -2.14. The number of ether oxygens (including phenoxy) is 1. The third-order valence-electron chi connectivity index (χ3n) is 4.33. The van der Waals surface area contributed by atoms with Gasteiger partial charge < -0.3 is 9.84 Å². The summed E-state index contributed by atoms with van der Waals surface area (Å²) in [4.78, 5) is 14.1. The summed E-state index contributed by atoms with van der Waals surface area (Å²) >= 11 is 0. The molecular formula is C18H19N3O3. The number of aliphatic hydroxyl groups is 1. The van der Waals surface area contributed by atoms with E-state index in [4.69, 9.17) is 9.84 Å². The molecule has 0 atom stereocenters. The minimum Gasteiger partial charge on any atom is -0.452 e. The Morgan fingerprint density at radius 2 is 2.04 bits per heavy atom. The van der Waals surface area contributed by atoms with E-state index in [1.54, 1.807) is 28.1 Å². The van der Waals surface area contributed by atoms with Crippen LogP contribution in [0.15, 0.2) is 48.5 Å². The van der Waals surface area contributed by atoms with Crippen LogP contribution in [0, 0.1) is 0 Å². The molecule has 2 heterocycles. The van der Waals surface area contributed by atoms with Crippen molar-refractivity contribution in [3.8, 4) is 5.75 Å². The number of carbonyl (C=O) groups excluding carboxylic acids is 1. The molecule has 1 aliphatic carbocycles. The molecule has 2 aromatic rings. The van der Waals surface area contributed by atoms with Gasteiger partial charge in [0.25, 0.3) is 5.91 Å². The normalized spacial score (nSPS) is 17.3. The second kappa shape index (κ2) is 6.13. The summed E-state index contributed by atoms with van der Waals surface area (Å²) in [6.07, 6.45) is 7.68. The number of amides is 1. The monoisotopic (exact) mass is 325 g/mol. The van der Waals surface area contributed by atoms with Gasteiger partial charge in [-0.15, -0.1) is 0 Å². The van der Waals surface area contributed by atoms with Crippen molar-refractivity contribution >= 4 is 11.6 Å². The van der Waals surface area contributed by atoms with Crippen molar-refractivity contribution in [2.75, 3.05) is 18.1 Å². The molecular weight excluding hydrogens is 306 g/mol. The van der Waals surface area contributed by atoms with Gasteiger partial charge in [-0.25, -0.2) is 0 Å². The molecule has 0 radical (unpaired) electrons. The predicted molar refractivity (Wildman–Crippen MR) is 88.8 cm³/mol. The highest BCUT2D eigenvalue weighted by molar-refractivity contribution is 6.07. The molecule has 24 heavy (non-hydrogen) atoms. The first-order valence-electron chi connectivity index (χ1n) is 8.18. The molecule has 0 unspecified atom stereocenters. The molecule has 1 N–H and O–H groups in total. The molecule has 0 spiro atoms. The van der Waals surface area contributed by atoms with Gasteiger partial charge in [-0.1, -0.05) is 12.1 Å². The minimum absolute atomic E-state index is 0.0124. The zero-order chi connectivity index (χ0) is 16.5. The Morgan fingerprint density at radius 1 is 1.25 bits per heavy atom. The number of rotatable bonds is 6. The maximum Gasteiger partial charge on any atom is 0.294 e. The second-order valence-corrected chi connectivity index (χ2v) is 6.11. The first-order valence-corrected chi connectivity index (χ1v) is 8.18. The van der Waals surface area contributed by atoms with E-state index >= 15 is 0 Å². The number of anilines is 1. The number of aromatic nitrogens is 2. The lowest BCUT2D eigenvalue weighted by atomic mass is 10.1. The Kier molecular flexibility index (Phi) is 3.82. The van der Waals surface area contributed by atoms with Crippen molar-refractivity contribution in [3.63, 3.8) is 0 Å². The van der Waals surface area contributed by atoms with E-state index in [2.05, 4.69) is 17.2 Å². The number of hydrogen-bond acceptors (Lipinski definition) is 4. The first kappa shape index (κ1) is 15.0. The van der Waals surface area contributed by atoms with Gasteiger partial charge in [0.2, 0.25) is 0 Å². The van der Waals surface area contributed by atoms with E-state index in [0.717, 1.165) is 0 Å². The van der Waals surface area contributed by atoms with Crippen molar-refractivity contribution < 1.29 is 14.6 Å². The number of carbonyl (C=O) groups is 1. The fourth-order valence-corrected chi connectivity index (χ4v) is 2.85. The van der Waals surface area contributed by atoms with E-state index in [1.807, 2.05) is 12.1 Å². The molecule has 1 aromatic heterocycles. The molecule has 6 nitrogen and oxygen atoms in total. The van der Waals surface area contributed by atoms with Crippen LogP contribution >= 0.6 is 0 Å². The smallest absolute Gasteiger partial charge is 0.294 e. The van der Waals surface area contributed by atoms with Gasteiger partial charge in [-0.2, -0.15) is 5.10 Å². The van der Waals surface area contributed by atoms with E-state index in [1.165, 1.54) is 18.4 Å². The van der Waals surface area contributed by atoms with Gasteiger partial charge in [0.15, 0.2) is 5.76 Å². The summed E-state index contributed by atoms with van der Waals surface area (Å²) in [7, 11) is 0. The summed E-state index contributed by atoms with van der Waals surface area (Å²) in [5, 5.41) is 13.1. The Hall–Kier alpha value is -2.60. The van der Waals surface area contributed by atoms with E-state index in [-0.39, 0.29) is 12.5 Å². The average Bonchev–Trinajstić information content (AvgIpc) is 3.25. The number of nitrogens with zero attached hydrogens (tertiary/aromatic N) is 3. The van der Waals surface area contributed by atoms with E-state index in [0.29, 0.717) is 36.2 Å². The lowest BCUT2D eigenvalue weighted by Crippen LogP contribution is -2.27. The lowest BCUT2D eigenvalue weighted by molar-refractivity contribution is -0.116. The summed E-state index contributed by atoms with van der Waals surface area (Å²) in [6.45, 7) is 0.879. The first-order chi connectivity index (χ1) is 11.7. The number of benzene rings is 1. The largest absolute Gasteiger partial charge is 0.452 e. The fourth-order valence-electron chi connectivity index (χ4n) is 2.85. The molecule has 124 valence electrons. The van der Waals surface area contributed by atoms with Crippen LogP contribution in [-0.2, 0) is 11.3 Å². The zero-order valence-electron chi connectivity index (χ0n) is 13.3. The van der Waals surface area contributed by atoms with Crippen LogP contribution in [0.1, 0.15) is 24.3 Å². The summed E-state index contributed by atoms with van der Waals surface area (Å²) in [5.74, 6) is 1.54. The van der Waals surface area contributed by atoms with Crippen LogP contribution in [0.5, 0.6) is 5.75 Å². The SMILES string of the molecule is O=C1C(Oc2ccc(C3CC3)cc2)=CCN1c1cnn(CCO)c1. The van der Waals surface area contributed by atoms with Crippen molar-refractivity contribution in [2.45, 2.75) is 25.3 Å². The van der Waals surface area contributed by atoms with Crippen LogP contribution in [0.4, 0.5) is 5.69 Å². The van der Waals surface area contributed by atoms with Crippen molar-refractivity contribution in [2.24, 2.45) is 0 Å². The highest BCUT2D eigenvalue weighted by atomic mass is 16.5. The van der Waals surface area contributed by atoms with Crippen molar-refractivity contribution in [1.82, 2.24) is 9.78 Å². The molecule has 2 aliphatic rings. The molecule has 0 bridgehead atoms. The Morgan fingerprint density at radius 3 is 2.75 bits per heavy atom. The van der Waals surface area contributed by atoms with Crippen LogP contribution in [0.3, 0.4) is 0 Å². The molecule has 1 aromatic carbocycles. The van der Waals surface area contributed by atoms with Crippen LogP contribution in [0.25, 0.3) is 0 Å². The highest BCUT2D eigenvalue weighted by Gasteiger charge is 2.28. The molecule has 0 saturated heterocycles. The molecule has 1 amide bonds. The number of hydrogen-bond donors (Lipinski definition) is 1. The van der Waals surface area contributed by atoms with E-state index < -0.39 is 0 Å². The Balaban J connectivity index is 1.42. The van der Waals surface area contributed by atoms with E-state index in [9.17, 15) is 4.79 Å². The average molecular weight is 325 g/mol.